The molecule has 3 aromatic rings. The maximum Gasteiger partial charge on any atom is 0.256 e. The molecule has 8 heteroatoms. The van der Waals surface area contributed by atoms with Gasteiger partial charge in [-0.3, -0.25) is 9.69 Å². The first-order chi connectivity index (χ1) is 13.3. The Morgan fingerprint density at radius 3 is 2.93 bits per heavy atom. The molecule has 1 saturated heterocycles. The van der Waals surface area contributed by atoms with Gasteiger partial charge in [-0.05, 0) is 43.0 Å². The molecule has 7 nitrogen and oxygen atoms in total. The van der Waals surface area contributed by atoms with Crippen LogP contribution in [-0.2, 0) is 13.1 Å². The van der Waals surface area contributed by atoms with Crippen LogP contribution in [0.1, 0.15) is 28.8 Å². The number of rotatable bonds is 6. The molecule has 1 aliphatic heterocycles. The van der Waals surface area contributed by atoms with E-state index in [1.807, 2.05) is 43.0 Å². The van der Waals surface area contributed by atoms with Crippen LogP contribution in [0.3, 0.4) is 0 Å². The molecule has 1 aromatic carbocycles. The standard InChI is InChI=1S/C19H22N6OS/c26-19(22-18-10-21-23-27-18)17-5-3-15(4-6-17)11-24-8-1-2-16(12-24)13-25-9-7-20-14-25/h3-7,9-10,14,16H,1-2,8,11-13H2,(H,22,26). The van der Waals surface area contributed by atoms with Gasteiger partial charge in [0.15, 0.2) is 0 Å². The van der Waals surface area contributed by atoms with E-state index in [-0.39, 0.29) is 5.91 Å². The average molecular weight is 382 g/mol. The van der Waals surface area contributed by atoms with Crippen molar-refractivity contribution in [3.63, 3.8) is 0 Å². The summed E-state index contributed by atoms with van der Waals surface area (Å²) in [6.45, 7) is 4.17. The number of imidazole rings is 1. The lowest BCUT2D eigenvalue weighted by molar-refractivity contribution is 0.102. The molecule has 0 saturated carbocycles. The lowest BCUT2D eigenvalue weighted by Crippen LogP contribution is -2.36. The van der Waals surface area contributed by atoms with Crippen LogP contribution in [0.2, 0.25) is 0 Å². The zero-order valence-corrected chi connectivity index (χ0v) is 15.8. The highest BCUT2D eigenvalue weighted by Crippen LogP contribution is 2.20. The van der Waals surface area contributed by atoms with Gasteiger partial charge in [-0.2, -0.15) is 0 Å². The number of likely N-dealkylation sites (tertiary alicyclic amines) is 1. The number of nitrogens with one attached hydrogen (secondary N) is 1. The minimum absolute atomic E-state index is 0.133. The van der Waals surface area contributed by atoms with E-state index in [0.717, 1.165) is 26.2 Å². The number of benzene rings is 1. The maximum absolute atomic E-state index is 12.2. The number of piperidine rings is 1. The Bertz CT molecular complexity index is 847. The Morgan fingerprint density at radius 1 is 1.30 bits per heavy atom. The highest BCUT2D eigenvalue weighted by molar-refractivity contribution is 7.10. The lowest BCUT2D eigenvalue weighted by Gasteiger charge is -2.33. The van der Waals surface area contributed by atoms with Gasteiger partial charge in [-0.15, -0.1) is 5.10 Å². The van der Waals surface area contributed by atoms with E-state index in [2.05, 4.69) is 29.4 Å². The first-order valence-electron chi connectivity index (χ1n) is 9.12. The molecule has 0 spiro atoms. The highest BCUT2D eigenvalue weighted by atomic mass is 32.1. The third-order valence-corrected chi connectivity index (χ3v) is 5.43. The summed E-state index contributed by atoms with van der Waals surface area (Å²) in [6.07, 6.45) is 9.80. The Balaban J connectivity index is 1.31. The van der Waals surface area contributed by atoms with Gasteiger partial charge < -0.3 is 9.88 Å². The molecule has 140 valence electrons. The van der Waals surface area contributed by atoms with Crippen molar-refractivity contribution in [1.82, 2.24) is 24.0 Å². The Morgan fingerprint density at radius 2 is 2.19 bits per heavy atom. The molecule has 1 aliphatic rings. The number of nitrogens with zero attached hydrogens (tertiary/aromatic N) is 5. The van der Waals surface area contributed by atoms with Crippen LogP contribution < -0.4 is 5.32 Å². The lowest BCUT2D eigenvalue weighted by atomic mass is 9.97. The summed E-state index contributed by atoms with van der Waals surface area (Å²) in [5.74, 6) is 0.525. The predicted molar refractivity (Wildman–Crippen MR) is 105 cm³/mol. The fraction of sp³-hybridized carbons (Fsp3) is 0.368. The number of amides is 1. The first-order valence-corrected chi connectivity index (χ1v) is 9.89. The molecule has 1 unspecified atom stereocenters. The Kier molecular flexibility index (Phi) is 5.55. The first kappa shape index (κ1) is 17.8. The molecule has 0 bridgehead atoms. The number of carbonyl (C=O) groups excluding carboxylic acids is 1. The molecule has 27 heavy (non-hydrogen) atoms. The highest BCUT2D eigenvalue weighted by Gasteiger charge is 2.20. The summed E-state index contributed by atoms with van der Waals surface area (Å²) in [6, 6.07) is 7.84. The third-order valence-electron chi connectivity index (χ3n) is 4.85. The van der Waals surface area contributed by atoms with Crippen molar-refractivity contribution in [3.05, 3.63) is 60.3 Å². The van der Waals surface area contributed by atoms with Crippen molar-refractivity contribution in [2.24, 2.45) is 5.92 Å². The number of anilines is 1. The molecule has 0 radical (unpaired) electrons. The van der Waals surface area contributed by atoms with Crippen molar-refractivity contribution in [2.75, 3.05) is 18.4 Å². The predicted octanol–water partition coefficient (Wildman–Crippen LogP) is 2.90. The summed E-state index contributed by atoms with van der Waals surface area (Å²) in [4.78, 5) is 18.9. The molecule has 3 heterocycles. The normalized spacial score (nSPS) is 17.7. The van der Waals surface area contributed by atoms with Gasteiger partial charge in [0.25, 0.3) is 5.91 Å². The Labute approximate surface area is 162 Å². The zero-order valence-electron chi connectivity index (χ0n) is 15.0. The van der Waals surface area contributed by atoms with Gasteiger partial charge in [-0.1, -0.05) is 16.6 Å². The van der Waals surface area contributed by atoms with E-state index < -0.39 is 0 Å². The fourth-order valence-corrected chi connectivity index (χ4v) is 3.98. The van der Waals surface area contributed by atoms with Crippen molar-refractivity contribution in [3.8, 4) is 0 Å². The van der Waals surface area contributed by atoms with Gasteiger partial charge in [0.2, 0.25) is 0 Å². The molecule has 1 fully saturated rings. The molecule has 1 N–H and O–H groups in total. The van der Waals surface area contributed by atoms with Crippen LogP contribution >= 0.6 is 11.5 Å². The van der Waals surface area contributed by atoms with Crippen LogP contribution in [0.5, 0.6) is 0 Å². The summed E-state index contributed by atoms with van der Waals surface area (Å²) in [5.41, 5.74) is 1.87. The number of hydrogen-bond donors (Lipinski definition) is 1. The van der Waals surface area contributed by atoms with Crippen molar-refractivity contribution in [1.29, 1.82) is 0 Å². The van der Waals surface area contributed by atoms with Crippen LogP contribution in [0, 0.1) is 5.92 Å². The second-order valence-corrected chi connectivity index (χ2v) is 7.72. The van der Waals surface area contributed by atoms with E-state index in [4.69, 9.17) is 0 Å². The second-order valence-electron chi connectivity index (χ2n) is 6.94. The van der Waals surface area contributed by atoms with Crippen LogP contribution in [-0.4, -0.2) is 43.0 Å². The van der Waals surface area contributed by atoms with Crippen LogP contribution in [0.25, 0.3) is 0 Å². The Hall–Kier alpha value is -2.58. The topological polar surface area (TPSA) is 75.9 Å². The van der Waals surface area contributed by atoms with E-state index >= 15 is 0 Å². The van der Waals surface area contributed by atoms with E-state index in [1.165, 1.54) is 29.9 Å². The number of hydrogen-bond acceptors (Lipinski definition) is 6. The largest absolute Gasteiger partial charge is 0.337 e. The van der Waals surface area contributed by atoms with E-state index in [9.17, 15) is 4.79 Å². The van der Waals surface area contributed by atoms with Crippen molar-refractivity contribution >= 4 is 22.4 Å². The quantitative estimate of drug-likeness (QED) is 0.709. The average Bonchev–Trinajstić information content (AvgIpc) is 3.37. The van der Waals surface area contributed by atoms with Gasteiger partial charge >= 0.3 is 0 Å². The summed E-state index contributed by atoms with van der Waals surface area (Å²) in [5, 5.41) is 7.18. The van der Waals surface area contributed by atoms with E-state index in [0.29, 0.717) is 16.5 Å². The van der Waals surface area contributed by atoms with Crippen LogP contribution in [0.15, 0.2) is 49.2 Å². The van der Waals surface area contributed by atoms with Crippen molar-refractivity contribution in [2.45, 2.75) is 25.9 Å². The zero-order chi connectivity index (χ0) is 18.5. The monoisotopic (exact) mass is 382 g/mol. The molecular formula is C19H22N6OS. The van der Waals surface area contributed by atoms with E-state index in [1.54, 1.807) is 6.20 Å². The maximum atomic E-state index is 12.2. The SMILES string of the molecule is O=C(Nc1cnns1)c1ccc(CN2CCCC(Cn3ccnc3)C2)cc1. The van der Waals surface area contributed by atoms with Crippen molar-refractivity contribution < 1.29 is 4.79 Å². The summed E-state index contributed by atoms with van der Waals surface area (Å²) >= 11 is 1.17. The summed E-state index contributed by atoms with van der Waals surface area (Å²) in [7, 11) is 0. The number of carbonyl (C=O) groups is 1. The minimum atomic E-state index is -0.133. The minimum Gasteiger partial charge on any atom is -0.337 e. The van der Waals surface area contributed by atoms with Gasteiger partial charge in [0.05, 0.1) is 12.5 Å². The number of aromatic nitrogens is 4. The van der Waals surface area contributed by atoms with Crippen LogP contribution in [0.4, 0.5) is 5.00 Å². The second kappa shape index (κ2) is 8.41. The van der Waals surface area contributed by atoms with Gasteiger partial charge in [0.1, 0.15) is 5.00 Å². The van der Waals surface area contributed by atoms with Gasteiger partial charge in [-0.25, -0.2) is 4.98 Å². The molecule has 0 aliphatic carbocycles. The third kappa shape index (κ3) is 4.78. The molecule has 1 amide bonds. The van der Waals surface area contributed by atoms with Gasteiger partial charge in [0, 0.05) is 49.1 Å². The molecular weight excluding hydrogens is 360 g/mol. The summed E-state index contributed by atoms with van der Waals surface area (Å²) < 4.78 is 5.91. The molecule has 4 rings (SSSR count). The molecule has 1 atom stereocenters. The molecule has 2 aromatic heterocycles. The smallest absolute Gasteiger partial charge is 0.256 e. The fourth-order valence-electron chi connectivity index (χ4n) is 3.56.